The summed E-state index contributed by atoms with van der Waals surface area (Å²) in [6.07, 6.45) is 4.38. The summed E-state index contributed by atoms with van der Waals surface area (Å²) in [5.74, 6) is 0. The zero-order valence-corrected chi connectivity index (χ0v) is 8.52. The van der Waals surface area contributed by atoms with Gasteiger partial charge in [0.2, 0.25) is 0 Å². The average Bonchev–Trinajstić information content (AvgIpc) is 2.63. The Bertz CT molecular complexity index is 348. The molecule has 0 unspecified atom stereocenters. The molecule has 2 amide bonds. The van der Waals surface area contributed by atoms with Crippen molar-refractivity contribution in [3.8, 4) is 0 Å². The average molecular weight is 209 g/mol. The van der Waals surface area contributed by atoms with Crippen LogP contribution in [0.15, 0.2) is 12.4 Å². The Kier molecular flexibility index (Phi) is 2.75. The molecule has 1 aromatic heterocycles. The normalized spacial score (nSPS) is 16.5. The molecular formula is C9H15N5O. The molecule has 3 N–H and O–H groups in total. The van der Waals surface area contributed by atoms with Gasteiger partial charge in [0.1, 0.15) is 0 Å². The van der Waals surface area contributed by atoms with Crippen LogP contribution in [0, 0.1) is 0 Å². The second-order valence-electron chi connectivity index (χ2n) is 3.61. The van der Waals surface area contributed by atoms with Crippen LogP contribution in [0.5, 0.6) is 0 Å². The number of aromatic nitrogens is 2. The number of nitrogens with one attached hydrogen (secondary N) is 1. The molecule has 0 aromatic carbocycles. The van der Waals surface area contributed by atoms with Crippen molar-refractivity contribution in [2.75, 3.05) is 25.4 Å². The van der Waals surface area contributed by atoms with E-state index in [1.54, 1.807) is 22.0 Å². The van der Waals surface area contributed by atoms with Crippen LogP contribution in [-0.2, 0) is 6.54 Å². The van der Waals surface area contributed by atoms with Crippen molar-refractivity contribution >= 4 is 11.7 Å². The van der Waals surface area contributed by atoms with Crippen LogP contribution in [0.1, 0.15) is 6.42 Å². The Labute approximate surface area is 88.0 Å². The first-order chi connectivity index (χ1) is 7.25. The largest absolute Gasteiger partial charge is 0.396 e. The lowest BCUT2D eigenvalue weighted by molar-refractivity contribution is 0.183. The monoisotopic (exact) mass is 209 g/mol. The number of nitrogen functional groups attached to an aromatic ring is 1. The van der Waals surface area contributed by atoms with Gasteiger partial charge in [-0.1, -0.05) is 0 Å². The molecule has 6 heteroatoms. The Morgan fingerprint density at radius 1 is 1.53 bits per heavy atom. The molecule has 1 aromatic rings. The van der Waals surface area contributed by atoms with Crippen LogP contribution in [0.4, 0.5) is 10.5 Å². The Hall–Kier alpha value is -1.72. The predicted molar refractivity (Wildman–Crippen MR) is 56.2 cm³/mol. The van der Waals surface area contributed by atoms with Crippen molar-refractivity contribution in [2.24, 2.45) is 0 Å². The molecule has 0 aliphatic carbocycles. The lowest BCUT2D eigenvalue weighted by atomic mass is 10.3. The predicted octanol–water partition coefficient (Wildman–Crippen LogP) is -0.119. The lowest BCUT2D eigenvalue weighted by Gasteiger charge is -2.27. The highest BCUT2D eigenvalue weighted by molar-refractivity contribution is 5.74. The first kappa shape index (κ1) is 9.82. The van der Waals surface area contributed by atoms with Gasteiger partial charge in [-0.25, -0.2) is 4.79 Å². The van der Waals surface area contributed by atoms with E-state index in [2.05, 4.69) is 10.4 Å². The highest BCUT2D eigenvalue weighted by Crippen LogP contribution is 2.01. The molecule has 0 saturated carbocycles. The summed E-state index contributed by atoms with van der Waals surface area (Å²) < 4.78 is 1.75. The van der Waals surface area contributed by atoms with Gasteiger partial charge < -0.3 is 16.0 Å². The molecule has 1 aliphatic rings. The molecule has 15 heavy (non-hydrogen) atoms. The fourth-order valence-corrected chi connectivity index (χ4v) is 1.62. The van der Waals surface area contributed by atoms with Crippen LogP contribution in [0.2, 0.25) is 0 Å². The van der Waals surface area contributed by atoms with Gasteiger partial charge in [0, 0.05) is 25.8 Å². The minimum atomic E-state index is 0.0152. The van der Waals surface area contributed by atoms with E-state index in [-0.39, 0.29) is 6.03 Å². The summed E-state index contributed by atoms with van der Waals surface area (Å²) in [6.45, 7) is 2.96. The lowest BCUT2D eigenvalue weighted by Crippen LogP contribution is -2.47. The summed E-state index contributed by atoms with van der Waals surface area (Å²) in [6, 6.07) is 0.0152. The zero-order chi connectivity index (χ0) is 10.7. The molecule has 1 aliphatic heterocycles. The fraction of sp³-hybridized carbons (Fsp3) is 0.556. The molecule has 6 nitrogen and oxygen atoms in total. The van der Waals surface area contributed by atoms with Gasteiger partial charge in [-0.15, -0.1) is 0 Å². The van der Waals surface area contributed by atoms with E-state index in [9.17, 15) is 4.79 Å². The van der Waals surface area contributed by atoms with Gasteiger partial charge in [-0.2, -0.15) is 5.10 Å². The van der Waals surface area contributed by atoms with Crippen LogP contribution in [0.25, 0.3) is 0 Å². The second-order valence-corrected chi connectivity index (χ2v) is 3.61. The van der Waals surface area contributed by atoms with Gasteiger partial charge in [-0.3, -0.25) is 4.68 Å². The topological polar surface area (TPSA) is 76.2 Å². The number of amides is 2. The van der Waals surface area contributed by atoms with Crippen LogP contribution < -0.4 is 11.1 Å². The minimum absolute atomic E-state index is 0.0152. The number of urea groups is 1. The Morgan fingerprint density at radius 3 is 3.07 bits per heavy atom. The number of nitrogens with zero attached hydrogens (tertiary/aromatic N) is 3. The molecule has 82 valence electrons. The highest BCUT2D eigenvalue weighted by Gasteiger charge is 2.16. The van der Waals surface area contributed by atoms with Crippen molar-refractivity contribution < 1.29 is 4.79 Å². The first-order valence-electron chi connectivity index (χ1n) is 5.06. The minimum Gasteiger partial charge on any atom is -0.396 e. The summed E-state index contributed by atoms with van der Waals surface area (Å²) in [4.78, 5) is 13.2. The molecular weight excluding hydrogens is 194 g/mol. The molecule has 2 rings (SSSR count). The molecule has 0 atom stereocenters. The summed E-state index contributed by atoms with van der Waals surface area (Å²) in [5, 5.41) is 6.86. The molecule has 0 bridgehead atoms. The molecule has 1 saturated heterocycles. The number of rotatable bonds is 3. The summed E-state index contributed by atoms with van der Waals surface area (Å²) >= 11 is 0. The Balaban J connectivity index is 1.84. The number of carbonyl (C=O) groups excluding carboxylic acids is 1. The number of anilines is 1. The summed E-state index contributed by atoms with van der Waals surface area (Å²) in [7, 11) is 0. The number of hydrogen-bond acceptors (Lipinski definition) is 3. The number of hydrogen-bond donors (Lipinski definition) is 2. The van der Waals surface area contributed by atoms with Gasteiger partial charge in [0.25, 0.3) is 0 Å². The van der Waals surface area contributed by atoms with Crippen LogP contribution in [0.3, 0.4) is 0 Å². The maximum atomic E-state index is 11.4. The Morgan fingerprint density at radius 2 is 2.40 bits per heavy atom. The number of nitrogens with two attached hydrogens (primary N) is 1. The van der Waals surface area contributed by atoms with E-state index < -0.39 is 0 Å². The van der Waals surface area contributed by atoms with Gasteiger partial charge in [0.05, 0.1) is 18.4 Å². The van der Waals surface area contributed by atoms with Crippen molar-refractivity contribution in [1.29, 1.82) is 0 Å². The van der Waals surface area contributed by atoms with Crippen molar-refractivity contribution in [2.45, 2.75) is 13.0 Å². The zero-order valence-electron chi connectivity index (χ0n) is 8.52. The third kappa shape index (κ3) is 2.39. The van der Waals surface area contributed by atoms with E-state index >= 15 is 0 Å². The maximum Gasteiger partial charge on any atom is 0.317 e. The van der Waals surface area contributed by atoms with Gasteiger partial charge in [-0.05, 0) is 6.42 Å². The quantitative estimate of drug-likeness (QED) is 0.728. The summed E-state index contributed by atoms with van der Waals surface area (Å²) in [5.41, 5.74) is 6.19. The second kappa shape index (κ2) is 4.20. The van der Waals surface area contributed by atoms with Crippen LogP contribution in [-0.4, -0.2) is 40.3 Å². The van der Waals surface area contributed by atoms with Crippen LogP contribution >= 0.6 is 0 Å². The van der Waals surface area contributed by atoms with E-state index in [4.69, 9.17) is 5.73 Å². The van der Waals surface area contributed by atoms with Crippen molar-refractivity contribution in [3.63, 3.8) is 0 Å². The smallest absolute Gasteiger partial charge is 0.317 e. The van der Waals surface area contributed by atoms with E-state index in [1.165, 1.54) is 0 Å². The van der Waals surface area contributed by atoms with Gasteiger partial charge in [0.15, 0.2) is 0 Å². The number of carbonyl (C=O) groups is 1. The molecule has 2 heterocycles. The molecule has 1 fully saturated rings. The molecule has 0 radical (unpaired) electrons. The SMILES string of the molecule is Nc1cnn(CCN2CCCNC2=O)c1. The third-order valence-electron chi connectivity index (χ3n) is 2.42. The first-order valence-corrected chi connectivity index (χ1v) is 5.06. The van der Waals surface area contributed by atoms with E-state index in [1.807, 2.05) is 0 Å². The third-order valence-corrected chi connectivity index (χ3v) is 2.42. The highest BCUT2D eigenvalue weighted by atomic mass is 16.2. The maximum absolute atomic E-state index is 11.4. The molecule has 0 spiro atoms. The van der Waals surface area contributed by atoms with Crippen molar-refractivity contribution in [1.82, 2.24) is 20.0 Å². The fourth-order valence-electron chi connectivity index (χ4n) is 1.62. The van der Waals surface area contributed by atoms with Crippen molar-refractivity contribution in [3.05, 3.63) is 12.4 Å². The van der Waals surface area contributed by atoms with E-state index in [0.29, 0.717) is 18.8 Å². The van der Waals surface area contributed by atoms with Gasteiger partial charge >= 0.3 is 6.03 Å². The van der Waals surface area contributed by atoms with E-state index in [0.717, 1.165) is 19.5 Å². The standard InChI is InChI=1S/C9H15N5O/c10-8-6-12-14(7-8)5-4-13-3-1-2-11-9(13)15/h6-7H,1-5,10H2,(H,11,15).